The van der Waals surface area contributed by atoms with Crippen molar-refractivity contribution in [3.05, 3.63) is 57.1 Å². The molecule has 2 N–H and O–H groups in total. The highest BCUT2D eigenvalue weighted by atomic mass is 35.5. The normalized spacial score (nSPS) is 21.9. The number of aromatic nitrogens is 2. The summed E-state index contributed by atoms with van der Waals surface area (Å²) in [4.78, 5) is 29.0. The first-order valence-electron chi connectivity index (χ1n) is 8.89. The Balaban J connectivity index is 1.74. The van der Waals surface area contributed by atoms with Crippen LogP contribution in [-0.4, -0.2) is 26.7 Å². The van der Waals surface area contributed by atoms with Crippen LogP contribution in [0.2, 0.25) is 5.15 Å². The largest absolute Gasteiger partial charge is 0.480 e. The van der Waals surface area contributed by atoms with Crippen molar-refractivity contribution in [1.82, 2.24) is 9.55 Å². The van der Waals surface area contributed by atoms with Crippen molar-refractivity contribution >= 4 is 23.4 Å². The van der Waals surface area contributed by atoms with Gasteiger partial charge in [0, 0.05) is 12.0 Å². The van der Waals surface area contributed by atoms with Crippen molar-refractivity contribution in [2.24, 2.45) is 0 Å². The van der Waals surface area contributed by atoms with E-state index < -0.39 is 12.0 Å². The molecule has 1 fully saturated rings. The lowest BCUT2D eigenvalue weighted by molar-refractivity contribution is -0.140. The molecule has 0 saturated heterocycles. The number of hydrogen-bond donors (Lipinski definition) is 2. The molecule has 0 bridgehead atoms. The minimum absolute atomic E-state index is 0.149. The van der Waals surface area contributed by atoms with E-state index in [0.29, 0.717) is 18.5 Å². The third kappa shape index (κ3) is 2.98. The molecule has 4 rings (SSSR count). The molecule has 0 radical (unpaired) electrons. The highest BCUT2D eigenvalue weighted by molar-refractivity contribution is 6.30. The van der Waals surface area contributed by atoms with Gasteiger partial charge in [-0.25, -0.2) is 9.78 Å². The average molecular weight is 374 g/mol. The predicted octanol–water partition coefficient (Wildman–Crippen LogP) is 3.22. The van der Waals surface area contributed by atoms with Gasteiger partial charge in [0.25, 0.3) is 5.56 Å². The summed E-state index contributed by atoms with van der Waals surface area (Å²) < 4.78 is 1.34. The highest BCUT2D eigenvalue weighted by Gasteiger charge is 2.39. The summed E-state index contributed by atoms with van der Waals surface area (Å²) in [5.41, 5.74) is 1.22. The molecule has 2 atom stereocenters. The van der Waals surface area contributed by atoms with Crippen molar-refractivity contribution in [2.45, 2.75) is 50.1 Å². The monoisotopic (exact) mass is 373 g/mol. The van der Waals surface area contributed by atoms with Crippen LogP contribution in [0.15, 0.2) is 35.1 Å². The fourth-order valence-electron chi connectivity index (χ4n) is 3.82. The van der Waals surface area contributed by atoms with Gasteiger partial charge in [-0.3, -0.25) is 9.36 Å². The number of benzene rings is 1. The van der Waals surface area contributed by atoms with Gasteiger partial charge in [0.15, 0.2) is 11.0 Å². The van der Waals surface area contributed by atoms with E-state index in [1.165, 1.54) is 4.57 Å². The van der Waals surface area contributed by atoms with Crippen molar-refractivity contribution in [1.29, 1.82) is 0 Å². The molecule has 1 aromatic heterocycles. The molecule has 136 valence electrons. The standard InChI is InChI=1S/C19H20ClN3O3/c20-16-15-12(9-11-5-2-1-3-6-11)10-14(19(25)26)23(15)18(24)17(22-16)21-13-7-4-8-13/h1-3,5-6,12-14H,4,7-10H2,(H,21,22)(H,25,26)/t12-,14-/m0/s1. The third-order valence-corrected chi connectivity index (χ3v) is 5.64. The van der Waals surface area contributed by atoms with E-state index >= 15 is 0 Å². The molecular formula is C19H20ClN3O3. The fraction of sp³-hybridized carbons (Fsp3) is 0.421. The molecule has 2 aromatic rings. The lowest BCUT2D eigenvalue weighted by Crippen LogP contribution is -2.35. The smallest absolute Gasteiger partial charge is 0.326 e. The van der Waals surface area contributed by atoms with Gasteiger partial charge in [0.1, 0.15) is 6.04 Å². The number of fused-ring (bicyclic) bond motifs is 1. The maximum absolute atomic E-state index is 12.9. The summed E-state index contributed by atoms with van der Waals surface area (Å²) in [7, 11) is 0. The van der Waals surface area contributed by atoms with Gasteiger partial charge in [-0.15, -0.1) is 0 Å². The molecule has 1 aliphatic carbocycles. The fourth-order valence-corrected chi connectivity index (χ4v) is 4.15. The minimum atomic E-state index is -1.01. The van der Waals surface area contributed by atoms with E-state index in [0.717, 1.165) is 24.8 Å². The number of rotatable bonds is 5. The van der Waals surface area contributed by atoms with Crippen molar-refractivity contribution in [3.63, 3.8) is 0 Å². The van der Waals surface area contributed by atoms with Crippen LogP contribution in [0.5, 0.6) is 0 Å². The number of nitrogens with one attached hydrogen (secondary N) is 1. The summed E-state index contributed by atoms with van der Waals surface area (Å²) in [5.74, 6) is -1.00. The van der Waals surface area contributed by atoms with Crippen LogP contribution in [-0.2, 0) is 11.2 Å². The Bertz CT molecular complexity index is 893. The summed E-state index contributed by atoms with van der Waals surface area (Å²) in [6, 6.07) is 9.11. The van der Waals surface area contributed by atoms with Gasteiger partial charge >= 0.3 is 5.97 Å². The summed E-state index contributed by atoms with van der Waals surface area (Å²) in [5, 5.41) is 13.0. The molecule has 1 saturated carbocycles. The van der Waals surface area contributed by atoms with Crippen LogP contribution in [0.4, 0.5) is 5.82 Å². The first-order valence-corrected chi connectivity index (χ1v) is 9.27. The number of halogens is 1. The maximum atomic E-state index is 12.9. The Labute approximate surface area is 155 Å². The molecule has 6 nitrogen and oxygen atoms in total. The summed E-state index contributed by atoms with van der Waals surface area (Å²) >= 11 is 6.42. The van der Waals surface area contributed by atoms with Crippen molar-refractivity contribution in [2.75, 3.05) is 5.32 Å². The first-order chi connectivity index (χ1) is 12.5. The molecule has 2 aliphatic rings. The third-order valence-electron chi connectivity index (χ3n) is 5.36. The number of hydrogen-bond acceptors (Lipinski definition) is 4. The number of nitrogens with zero attached hydrogens (tertiary/aromatic N) is 2. The van der Waals surface area contributed by atoms with Gasteiger partial charge in [-0.1, -0.05) is 41.9 Å². The van der Waals surface area contributed by atoms with E-state index in [9.17, 15) is 14.7 Å². The van der Waals surface area contributed by atoms with Crippen LogP contribution < -0.4 is 10.9 Å². The Morgan fingerprint density at radius 2 is 2.04 bits per heavy atom. The van der Waals surface area contributed by atoms with Crippen LogP contribution in [0.1, 0.15) is 48.9 Å². The quantitative estimate of drug-likeness (QED) is 0.840. The molecule has 1 aliphatic heterocycles. The second-order valence-electron chi connectivity index (χ2n) is 7.06. The zero-order valence-electron chi connectivity index (χ0n) is 14.2. The lowest BCUT2D eigenvalue weighted by Gasteiger charge is -2.27. The number of anilines is 1. The first kappa shape index (κ1) is 17.1. The van der Waals surface area contributed by atoms with Gasteiger partial charge in [0.2, 0.25) is 0 Å². The van der Waals surface area contributed by atoms with Crippen LogP contribution in [0, 0.1) is 0 Å². The van der Waals surface area contributed by atoms with Crippen LogP contribution in [0.25, 0.3) is 0 Å². The number of carboxylic acid groups (broad SMARTS) is 1. The Hall–Kier alpha value is -2.34. The van der Waals surface area contributed by atoms with E-state index in [-0.39, 0.29) is 28.5 Å². The van der Waals surface area contributed by atoms with Crippen molar-refractivity contribution < 1.29 is 9.90 Å². The predicted molar refractivity (Wildman–Crippen MR) is 98.9 cm³/mol. The van der Waals surface area contributed by atoms with Crippen LogP contribution >= 0.6 is 11.6 Å². The average Bonchev–Trinajstić information content (AvgIpc) is 2.96. The molecule has 0 spiro atoms. The van der Waals surface area contributed by atoms with E-state index in [4.69, 9.17) is 11.6 Å². The second-order valence-corrected chi connectivity index (χ2v) is 7.42. The van der Waals surface area contributed by atoms with Gasteiger partial charge in [-0.2, -0.15) is 0 Å². The summed E-state index contributed by atoms with van der Waals surface area (Å²) in [6.07, 6.45) is 4.06. The zero-order valence-corrected chi connectivity index (χ0v) is 14.9. The molecule has 26 heavy (non-hydrogen) atoms. The Kier molecular flexibility index (Phi) is 4.44. The molecule has 0 unspecified atom stereocenters. The van der Waals surface area contributed by atoms with E-state index in [2.05, 4.69) is 10.3 Å². The Morgan fingerprint density at radius 3 is 2.65 bits per heavy atom. The highest BCUT2D eigenvalue weighted by Crippen LogP contribution is 2.40. The minimum Gasteiger partial charge on any atom is -0.480 e. The lowest BCUT2D eigenvalue weighted by atomic mass is 9.93. The van der Waals surface area contributed by atoms with Crippen LogP contribution in [0.3, 0.4) is 0 Å². The SMILES string of the molecule is O=C(O)[C@@H]1C[C@H](Cc2ccccc2)c2c(Cl)nc(NC3CCC3)c(=O)n21. The second kappa shape index (κ2) is 6.76. The number of aliphatic carboxylic acids is 1. The molecule has 1 aromatic carbocycles. The molecule has 7 heteroatoms. The zero-order chi connectivity index (χ0) is 18.3. The van der Waals surface area contributed by atoms with Gasteiger partial charge < -0.3 is 10.4 Å². The maximum Gasteiger partial charge on any atom is 0.326 e. The van der Waals surface area contributed by atoms with Gasteiger partial charge in [0.05, 0.1) is 5.69 Å². The Morgan fingerprint density at radius 1 is 1.31 bits per heavy atom. The number of carboxylic acids is 1. The van der Waals surface area contributed by atoms with E-state index in [1.807, 2.05) is 30.3 Å². The molecule has 2 heterocycles. The number of carbonyl (C=O) groups is 1. The van der Waals surface area contributed by atoms with E-state index in [1.54, 1.807) is 0 Å². The van der Waals surface area contributed by atoms with Gasteiger partial charge in [-0.05, 0) is 37.7 Å². The van der Waals surface area contributed by atoms with Crippen molar-refractivity contribution in [3.8, 4) is 0 Å². The summed E-state index contributed by atoms with van der Waals surface area (Å²) in [6.45, 7) is 0. The molecule has 0 amide bonds. The topological polar surface area (TPSA) is 84.2 Å². The molecular weight excluding hydrogens is 354 g/mol.